The first kappa shape index (κ1) is 17.8. The van der Waals surface area contributed by atoms with E-state index in [0.717, 1.165) is 10.9 Å². The molecular formula is C15H16F3N3O3. The smallest absolute Gasteiger partial charge is 0.435 e. The molecule has 0 aliphatic rings. The molecule has 0 fully saturated rings. The Morgan fingerprint density at radius 3 is 2.79 bits per heavy atom. The van der Waals surface area contributed by atoms with Crippen LogP contribution in [0.3, 0.4) is 0 Å². The van der Waals surface area contributed by atoms with Gasteiger partial charge in [0.15, 0.2) is 5.69 Å². The van der Waals surface area contributed by atoms with Gasteiger partial charge < -0.3 is 15.2 Å². The van der Waals surface area contributed by atoms with Crippen molar-refractivity contribution in [2.24, 2.45) is 0 Å². The lowest BCUT2D eigenvalue weighted by atomic mass is 10.2. The summed E-state index contributed by atoms with van der Waals surface area (Å²) in [6.07, 6.45) is -3.71. The zero-order valence-electron chi connectivity index (χ0n) is 12.8. The van der Waals surface area contributed by atoms with Gasteiger partial charge in [0, 0.05) is 30.1 Å². The van der Waals surface area contributed by atoms with E-state index in [-0.39, 0.29) is 18.5 Å². The SMILES string of the molecule is COc1cccc(NC(=O)Cn2cc(CCO)c(C(F)(F)F)n2)c1. The van der Waals surface area contributed by atoms with Gasteiger partial charge in [-0.1, -0.05) is 6.07 Å². The van der Waals surface area contributed by atoms with E-state index in [4.69, 9.17) is 9.84 Å². The van der Waals surface area contributed by atoms with Gasteiger partial charge in [-0.3, -0.25) is 9.48 Å². The average molecular weight is 343 g/mol. The highest BCUT2D eigenvalue weighted by atomic mass is 19.4. The molecule has 1 amide bonds. The van der Waals surface area contributed by atoms with Crippen molar-refractivity contribution < 1.29 is 27.8 Å². The predicted octanol–water partition coefficient (Wildman–Crippen LogP) is 2.08. The number of amides is 1. The normalized spacial score (nSPS) is 11.4. The van der Waals surface area contributed by atoms with Gasteiger partial charge in [0.1, 0.15) is 12.3 Å². The van der Waals surface area contributed by atoms with Crippen LogP contribution in [0, 0.1) is 0 Å². The average Bonchev–Trinajstić information content (AvgIpc) is 2.90. The minimum atomic E-state index is -4.64. The molecule has 0 bridgehead atoms. The number of rotatable bonds is 6. The maximum atomic E-state index is 12.9. The summed E-state index contributed by atoms with van der Waals surface area (Å²) in [4.78, 5) is 12.0. The number of aromatic nitrogens is 2. The van der Waals surface area contributed by atoms with Crippen LogP contribution in [0.2, 0.25) is 0 Å². The number of aliphatic hydroxyl groups excluding tert-OH is 1. The van der Waals surface area contributed by atoms with Crippen LogP contribution in [0.4, 0.5) is 18.9 Å². The Bertz CT molecular complexity index is 713. The summed E-state index contributed by atoms with van der Waals surface area (Å²) in [5, 5.41) is 14.8. The minimum absolute atomic E-state index is 0.154. The molecule has 0 saturated heterocycles. The Hall–Kier alpha value is -2.55. The number of carbonyl (C=O) groups is 1. The number of benzene rings is 1. The molecule has 0 saturated carbocycles. The summed E-state index contributed by atoms with van der Waals surface area (Å²) in [6.45, 7) is -0.823. The van der Waals surface area contributed by atoms with Gasteiger partial charge in [0.2, 0.25) is 5.91 Å². The fourth-order valence-corrected chi connectivity index (χ4v) is 2.13. The summed E-state index contributed by atoms with van der Waals surface area (Å²) in [5.74, 6) is 0.00602. The number of nitrogens with one attached hydrogen (secondary N) is 1. The molecule has 0 spiro atoms. The molecule has 1 aromatic carbocycles. The van der Waals surface area contributed by atoms with Crippen molar-refractivity contribution in [1.29, 1.82) is 0 Å². The summed E-state index contributed by atoms with van der Waals surface area (Å²) >= 11 is 0. The van der Waals surface area contributed by atoms with Gasteiger partial charge in [0.05, 0.1) is 7.11 Å². The molecule has 24 heavy (non-hydrogen) atoms. The molecule has 130 valence electrons. The molecule has 0 radical (unpaired) electrons. The third kappa shape index (κ3) is 4.48. The number of methoxy groups -OCH3 is 1. The first-order chi connectivity index (χ1) is 11.3. The second-order valence-corrected chi connectivity index (χ2v) is 4.95. The van der Waals surface area contributed by atoms with Crippen LogP contribution in [0.15, 0.2) is 30.5 Å². The van der Waals surface area contributed by atoms with Crippen molar-refractivity contribution in [3.05, 3.63) is 41.7 Å². The maximum Gasteiger partial charge on any atom is 0.435 e. The van der Waals surface area contributed by atoms with Gasteiger partial charge in [-0.25, -0.2) is 0 Å². The number of nitrogens with zero attached hydrogens (tertiary/aromatic N) is 2. The summed E-state index contributed by atoms with van der Waals surface area (Å²) < 4.78 is 44.6. The molecule has 0 unspecified atom stereocenters. The Balaban J connectivity index is 2.11. The van der Waals surface area contributed by atoms with Crippen molar-refractivity contribution in [3.63, 3.8) is 0 Å². The highest BCUT2D eigenvalue weighted by Gasteiger charge is 2.37. The van der Waals surface area contributed by atoms with Crippen LogP contribution in [0.25, 0.3) is 0 Å². The quantitative estimate of drug-likeness (QED) is 0.842. The number of aliphatic hydroxyl groups is 1. The van der Waals surface area contributed by atoms with Crippen molar-refractivity contribution >= 4 is 11.6 Å². The van der Waals surface area contributed by atoms with E-state index < -0.39 is 24.4 Å². The lowest BCUT2D eigenvalue weighted by Crippen LogP contribution is -2.19. The number of hydrogen-bond donors (Lipinski definition) is 2. The van der Waals surface area contributed by atoms with Gasteiger partial charge in [-0.15, -0.1) is 0 Å². The van der Waals surface area contributed by atoms with E-state index >= 15 is 0 Å². The predicted molar refractivity (Wildman–Crippen MR) is 79.6 cm³/mol. The molecule has 2 N–H and O–H groups in total. The van der Waals surface area contributed by atoms with E-state index in [1.165, 1.54) is 7.11 Å². The van der Waals surface area contributed by atoms with Crippen LogP contribution in [-0.2, 0) is 23.9 Å². The van der Waals surface area contributed by atoms with Gasteiger partial charge in [0.25, 0.3) is 0 Å². The van der Waals surface area contributed by atoms with E-state index in [9.17, 15) is 18.0 Å². The number of anilines is 1. The molecular weight excluding hydrogens is 327 g/mol. The molecule has 1 heterocycles. The van der Waals surface area contributed by atoms with Crippen LogP contribution < -0.4 is 10.1 Å². The van der Waals surface area contributed by atoms with Crippen LogP contribution in [0.5, 0.6) is 5.75 Å². The minimum Gasteiger partial charge on any atom is -0.497 e. The Morgan fingerprint density at radius 1 is 1.42 bits per heavy atom. The first-order valence-electron chi connectivity index (χ1n) is 7.01. The number of halogens is 3. The number of hydrogen-bond acceptors (Lipinski definition) is 4. The van der Waals surface area contributed by atoms with Crippen LogP contribution in [0.1, 0.15) is 11.3 Å². The fourth-order valence-electron chi connectivity index (χ4n) is 2.13. The molecule has 1 aromatic heterocycles. The largest absolute Gasteiger partial charge is 0.497 e. The van der Waals surface area contributed by atoms with Gasteiger partial charge in [-0.2, -0.15) is 18.3 Å². The molecule has 0 atom stereocenters. The van der Waals surface area contributed by atoms with E-state index in [0.29, 0.717) is 11.4 Å². The monoisotopic (exact) mass is 343 g/mol. The number of ether oxygens (including phenoxy) is 1. The highest BCUT2D eigenvalue weighted by Crippen LogP contribution is 2.30. The topological polar surface area (TPSA) is 76.4 Å². The molecule has 2 rings (SSSR count). The Kier molecular flexibility index (Phi) is 5.45. The lowest BCUT2D eigenvalue weighted by molar-refractivity contribution is -0.142. The Morgan fingerprint density at radius 2 is 2.17 bits per heavy atom. The summed E-state index contributed by atoms with van der Waals surface area (Å²) in [7, 11) is 1.48. The van der Waals surface area contributed by atoms with E-state index in [1.807, 2.05) is 0 Å². The maximum absolute atomic E-state index is 12.9. The zero-order chi connectivity index (χ0) is 17.7. The number of carbonyl (C=O) groups excluding carboxylic acids is 1. The van der Waals surface area contributed by atoms with Crippen molar-refractivity contribution in [1.82, 2.24) is 9.78 Å². The summed E-state index contributed by atoms with van der Waals surface area (Å²) in [5.41, 5.74) is -0.789. The fraction of sp³-hybridized carbons (Fsp3) is 0.333. The van der Waals surface area contributed by atoms with Crippen LogP contribution >= 0.6 is 0 Å². The highest BCUT2D eigenvalue weighted by molar-refractivity contribution is 5.90. The van der Waals surface area contributed by atoms with Crippen molar-refractivity contribution in [2.45, 2.75) is 19.1 Å². The zero-order valence-corrected chi connectivity index (χ0v) is 12.8. The van der Waals surface area contributed by atoms with Gasteiger partial charge >= 0.3 is 6.18 Å². The second-order valence-electron chi connectivity index (χ2n) is 4.95. The van der Waals surface area contributed by atoms with Crippen molar-refractivity contribution in [2.75, 3.05) is 19.0 Å². The molecule has 9 heteroatoms. The molecule has 6 nitrogen and oxygen atoms in total. The lowest BCUT2D eigenvalue weighted by Gasteiger charge is -2.07. The molecule has 2 aromatic rings. The van der Waals surface area contributed by atoms with E-state index in [2.05, 4.69) is 10.4 Å². The standard InChI is InChI=1S/C15H16F3N3O3/c1-24-12-4-2-3-11(7-12)19-13(23)9-21-8-10(5-6-22)14(20-21)15(16,17)18/h2-4,7-8,22H,5-6,9H2,1H3,(H,19,23). The Labute approximate surface area is 135 Å². The van der Waals surface area contributed by atoms with Crippen LogP contribution in [-0.4, -0.2) is 34.5 Å². The third-order valence-corrected chi connectivity index (χ3v) is 3.15. The third-order valence-electron chi connectivity index (χ3n) is 3.15. The number of alkyl halides is 3. The molecule has 0 aliphatic carbocycles. The summed E-state index contributed by atoms with van der Waals surface area (Å²) in [6, 6.07) is 6.57. The van der Waals surface area contributed by atoms with Crippen molar-refractivity contribution in [3.8, 4) is 5.75 Å². The molecule has 0 aliphatic heterocycles. The first-order valence-corrected chi connectivity index (χ1v) is 7.01. The second kappa shape index (κ2) is 7.35. The van der Waals surface area contributed by atoms with E-state index in [1.54, 1.807) is 24.3 Å². The van der Waals surface area contributed by atoms with Gasteiger partial charge in [-0.05, 0) is 18.6 Å².